The van der Waals surface area contributed by atoms with Gasteiger partial charge in [-0.1, -0.05) is 25.1 Å². The number of ether oxygens (including phenoxy) is 1. The Bertz CT molecular complexity index is 504. The summed E-state index contributed by atoms with van der Waals surface area (Å²) < 4.78 is 5.47. The summed E-state index contributed by atoms with van der Waals surface area (Å²) in [5.41, 5.74) is 0.959. The molecule has 0 fully saturated rings. The van der Waals surface area contributed by atoms with Gasteiger partial charge in [-0.15, -0.1) is 0 Å². The molecule has 108 valence electrons. The van der Waals surface area contributed by atoms with Crippen LogP contribution in [0.3, 0.4) is 0 Å². The Hall–Kier alpha value is -2.24. The quantitative estimate of drug-likeness (QED) is 0.762. The fourth-order valence-corrected chi connectivity index (χ4v) is 2.13. The van der Waals surface area contributed by atoms with Gasteiger partial charge in [-0.2, -0.15) is 0 Å². The third-order valence-corrected chi connectivity index (χ3v) is 3.14. The maximum Gasteiger partial charge on any atom is 0.315 e. The zero-order valence-corrected chi connectivity index (χ0v) is 11.3. The maximum atomic E-state index is 11.8. The maximum absolute atomic E-state index is 11.8. The third kappa shape index (κ3) is 3.63. The van der Waals surface area contributed by atoms with Crippen LogP contribution in [0.15, 0.2) is 24.3 Å². The minimum Gasteiger partial charge on any atom is -0.491 e. The molecule has 1 heterocycles. The summed E-state index contributed by atoms with van der Waals surface area (Å²) in [4.78, 5) is 22.3. The molecule has 0 aromatic heterocycles. The van der Waals surface area contributed by atoms with Crippen molar-refractivity contribution in [3.63, 3.8) is 0 Å². The second-order valence-electron chi connectivity index (χ2n) is 4.96. The van der Waals surface area contributed by atoms with Crippen LogP contribution < -0.4 is 15.4 Å². The summed E-state index contributed by atoms with van der Waals surface area (Å²) in [5, 5.41) is 14.1. The van der Waals surface area contributed by atoms with E-state index in [0.717, 1.165) is 11.3 Å². The van der Waals surface area contributed by atoms with Crippen molar-refractivity contribution < 1.29 is 19.4 Å². The Morgan fingerprint density at radius 3 is 2.95 bits per heavy atom. The molecular weight excluding hydrogens is 260 g/mol. The summed E-state index contributed by atoms with van der Waals surface area (Å²) in [6, 6.07) is 7.09. The second kappa shape index (κ2) is 6.27. The lowest BCUT2D eigenvalue weighted by atomic mass is 10.1. The molecule has 0 bridgehead atoms. The summed E-state index contributed by atoms with van der Waals surface area (Å²) in [6.45, 7) is 2.52. The number of carbonyl (C=O) groups excluding carboxylic acids is 1. The highest BCUT2D eigenvalue weighted by molar-refractivity contribution is 5.75. The van der Waals surface area contributed by atoms with Gasteiger partial charge in [0.2, 0.25) is 0 Å². The van der Waals surface area contributed by atoms with Gasteiger partial charge in [-0.25, -0.2) is 4.79 Å². The van der Waals surface area contributed by atoms with Gasteiger partial charge in [-0.3, -0.25) is 4.79 Å². The van der Waals surface area contributed by atoms with Crippen molar-refractivity contribution in [1.82, 2.24) is 10.6 Å². The van der Waals surface area contributed by atoms with Crippen LogP contribution in [0.5, 0.6) is 5.75 Å². The number of carboxylic acids is 1. The number of aliphatic carboxylic acids is 1. The van der Waals surface area contributed by atoms with Crippen molar-refractivity contribution in [3.8, 4) is 5.75 Å². The van der Waals surface area contributed by atoms with Gasteiger partial charge in [0.15, 0.2) is 0 Å². The molecule has 1 aromatic carbocycles. The molecule has 0 saturated heterocycles. The van der Waals surface area contributed by atoms with Crippen molar-refractivity contribution in [2.24, 2.45) is 5.92 Å². The van der Waals surface area contributed by atoms with Gasteiger partial charge in [0.25, 0.3) is 0 Å². The van der Waals surface area contributed by atoms with Crippen molar-refractivity contribution in [2.75, 3.05) is 13.2 Å². The number of rotatable bonds is 5. The zero-order valence-electron chi connectivity index (χ0n) is 11.3. The lowest BCUT2D eigenvalue weighted by Crippen LogP contribution is -2.40. The van der Waals surface area contributed by atoms with E-state index in [1.54, 1.807) is 6.92 Å². The molecule has 1 aromatic rings. The Labute approximate surface area is 117 Å². The van der Waals surface area contributed by atoms with Crippen LogP contribution in [0, 0.1) is 5.92 Å². The smallest absolute Gasteiger partial charge is 0.315 e. The van der Waals surface area contributed by atoms with E-state index in [9.17, 15) is 9.59 Å². The molecule has 0 aliphatic carbocycles. The Morgan fingerprint density at radius 2 is 2.20 bits per heavy atom. The number of amides is 2. The number of carbonyl (C=O) groups is 2. The van der Waals surface area contributed by atoms with Crippen LogP contribution in [0.1, 0.15) is 24.9 Å². The van der Waals surface area contributed by atoms with Crippen molar-refractivity contribution in [3.05, 3.63) is 29.8 Å². The molecule has 2 rings (SSSR count). The average molecular weight is 278 g/mol. The molecule has 6 heteroatoms. The van der Waals surface area contributed by atoms with Gasteiger partial charge < -0.3 is 20.5 Å². The first-order valence-electron chi connectivity index (χ1n) is 6.54. The number of carboxylic acid groups (broad SMARTS) is 1. The van der Waals surface area contributed by atoms with Crippen LogP contribution in [-0.4, -0.2) is 30.3 Å². The largest absolute Gasteiger partial charge is 0.491 e. The first-order chi connectivity index (χ1) is 9.56. The standard InChI is InChI=1S/C14H18N2O4/c1-9(6-13(17)18)7-15-14(19)16-11-8-20-12-5-3-2-4-10(11)12/h2-5,9,11H,6-8H2,1H3,(H,17,18)(H2,15,16,19). The predicted molar refractivity (Wildman–Crippen MR) is 72.6 cm³/mol. The van der Waals surface area contributed by atoms with Gasteiger partial charge in [0.1, 0.15) is 12.4 Å². The average Bonchev–Trinajstić information content (AvgIpc) is 2.79. The van der Waals surface area contributed by atoms with E-state index in [4.69, 9.17) is 9.84 Å². The third-order valence-electron chi connectivity index (χ3n) is 3.14. The highest BCUT2D eigenvalue weighted by atomic mass is 16.5. The fraction of sp³-hybridized carbons (Fsp3) is 0.429. The summed E-state index contributed by atoms with van der Waals surface area (Å²) in [7, 11) is 0. The van der Waals surface area contributed by atoms with Crippen molar-refractivity contribution in [2.45, 2.75) is 19.4 Å². The Kier molecular flexibility index (Phi) is 4.45. The molecule has 0 spiro atoms. The summed E-state index contributed by atoms with van der Waals surface area (Å²) in [5.74, 6) is -0.180. The molecular formula is C14H18N2O4. The predicted octanol–water partition coefficient (Wildman–Crippen LogP) is 1.53. The molecule has 3 N–H and O–H groups in total. The van der Waals surface area contributed by atoms with Crippen LogP contribution in [0.4, 0.5) is 4.79 Å². The SMILES string of the molecule is CC(CNC(=O)NC1COc2ccccc21)CC(=O)O. The topological polar surface area (TPSA) is 87.7 Å². The molecule has 2 unspecified atom stereocenters. The van der Waals surface area contributed by atoms with E-state index in [1.807, 2.05) is 24.3 Å². The van der Waals surface area contributed by atoms with E-state index in [1.165, 1.54) is 0 Å². The van der Waals surface area contributed by atoms with Crippen molar-refractivity contribution in [1.29, 1.82) is 0 Å². The normalized spacial score (nSPS) is 17.8. The van der Waals surface area contributed by atoms with Crippen LogP contribution in [0.2, 0.25) is 0 Å². The number of nitrogens with one attached hydrogen (secondary N) is 2. The van der Waals surface area contributed by atoms with Gasteiger partial charge in [0.05, 0.1) is 6.04 Å². The first-order valence-corrected chi connectivity index (χ1v) is 6.54. The Balaban J connectivity index is 1.80. The van der Waals surface area contributed by atoms with Gasteiger partial charge >= 0.3 is 12.0 Å². The minimum absolute atomic E-state index is 0.0374. The number of para-hydroxylation sites is 1. The molecule has 2 atom stereocenters. The molecule has 0 saturated carbocycles. The van der Waals surface area contributed by atoms with Crippen LogP contribution in [-0.2, 0) is 4.79 Å². The minimum atomic E-state index is -0.863. The highest BCUT2D eigenvalue weighted by Gasteiger charge is 2.25. The lowest BCUT2D eigenvalue weighted by molar-refractivity contribution is -0.137. The molecule has 0 radical (unpaired) electrons. The van der Waals surface area contributed by atoms with E-state index >= 15 is 0 Å². The molecule has 1 aliphatic rings. The van der Waals surface area contributed by atoms with Crippen molar-refractivity contribution >= 4 is 12.0 Å². The van der Waals surface area contributed by atoms with Gasteiger partial charge in [0, 0.05) is 18.5 Å². The summed E-state index contributed by atoms with van der Waals surface area (Å²) >= 11 is 0. The fourth-order valence-electron chi connectivity index (χ4n) is 2.13. The number of urea groups is 1. The molecule has 1 aliphatic heterocycles. The number of benzene rings is 1. The number of hydrogen-bond acceptors (Lipinski definition) is 3. The lowest BCUT2D eigenvalue weighted by Gasteiger charge is -2.14. The summed E-state index contributed by atoms with van der Waals surface area (Å²) in [6.07, 6.45) is 0.0374. The van der Waals surface area contributed by atoms with Gasteiger partial charge in [-0.05, 0) is 12.0 Å². The Morgan fingerprint density at radius 1 is 1.45 bits per heavy atom. The van der Waals surface area contributed by atoms with E-state index < -0.39 is 5.97 Å². The molecule has 2 amide bonds. The first kappa shape index (κ1) is 14.2. The number of hydrogen-bond donors (Lipinski definition) is 3. The zero-order chi connectivity index (χ0) is 14.5. The number of fused-ring (bicyclic) bond motifs is 1. The van der Waals surface area contributed by atoms with E-state index in [0.29, 0.717) is 13.2 Å². The molecule has 6 nitrogen and oxygen atoms in total. The van der Waals surface area contributed by atoms with E-state index in [-0.39, 0.29) is 24.4 Å². The van der Waals surface area contributed by atoms with Crippen LogP contribution >= 0.6 is 0 Å². The van der Waals surface area contributed by atoms with E-state index in [2.05, 4.69) is 10.6 Å². The second-order valence-corrected chi connectivity index (χ2v) is 4.96. The monoisotopic (exact) mass is 278 g/mol. The highest BCUT2D eigenvalue weighted by Crippen LogP contribution is 2.31. The molecule has 20 heavy (non-hydrogen) atoms. The van der Waals surface area contributed by atoms with Crippen LogP contribution in [0.25, 0.3) is 0 Å².